The van der Waals surface area contributed by atoms with E-state index in [1.165, 1.54) is 0 Å². The zero-order valence-corrected chi connectivity index (χ0v) is 10.0. The summed E-state index contributed by atoms with van der Waals surface area (Å²) in [7, 11) is 0. The van der Waals surface area contributed by atoms with E-state index in [-0.39, 0.29) is 17.2 Å². The van der Waals surface area contributed by atoms with Crippen molar-refractivity contribution in [3.63, 3.8) is 0 Å². The molecule has 4 rings (SSSR count). The van der Waals surface area contributed by atoms with Crippen LogP contribution in [0.4, 0.5) is 5.69 Å². The Morgan fingerprint density at radius 1 is 1.39 bits per heavy atom. The zero-order chi connectivity index (χ0) is 12.3. The first-order valence-corrected chi connectivity index (χ1v) is 6.15. The summed E-state index contributed by atoms with van der Waals surface area (Å²) in [5.74, 6) is 0.334. The average Bonchev–Trinajstić information content (AvgIpc) is 2.87. The quantitative estimate of drug-likeness (QED) is 0.800. The number of nitrogens with one attached hydrogen (secondary N) is 2. The first kappa shape index (κ1) is 9.88. The van der Waals surface area contributed by atoms with E-state index >= 15 is 0 Å². The molecule has 18 heavy (non-hydrogen) atoms. The van der Waals surface area contributed by atoms with Gasteiger partial charge in [-0.05, 0) is 31.0 Å². The summed E-state index contributed by atoms with van der Waals surface area (Å²) < 4.78 is 0. The molecule has 0 bridgehead atoms. The van der Waals surface area contributed by atoms with Crippen LogP contribution >= 0.6 is 0 Å². The molecule has 1 aliphatic heterocycles. The Bertz CT molecular complexity index is 661. The number of aryl methyl sites for hydroxylation is 1. The summed E-state index contributed by atoms with van der Waals surface area (Å²) in [6, 6.07) is 9.99. The van der Waals surface area contributed by atoms with Gasteiger partial charge in [-0.25, -0.2) is 0 Å². The second-order valence-corrected chi connectivity index (χ2v) is 5.20. The van der Waals surface area contributed by atoms with Crippen molar-refractivity contribution >= 4 is 11.6 Å². The minimum Gasteiger partial charge on any atom is -0.325 e. The predicted molar refractivity (Wildman–Crippen MR) is 67.4 cm³/mol. The average molecular weight is 239 g/mol. The Labute approximate surface area is 104 Å². The number of aromatic amines is 1. The Morgan fingerprint density at radius 2 is 2.22 bits per heavy atom. The van der Waals surface area contributed by atoms with Crippen molar-refractivity contribution in [2.45, 2.75) is 24.7 Å². The van der Waals surface area contributed by atoms with Gasteiger partial charge in [0.2, 0.25) is 5.91 Å². The molecule has 1 aliphatic carbocycles. The molecule has 1 amide bonds. The number of anilines is 1. The van der Waals surface area contributed by atoms with Gasteiger partial charge < -0.3 is 5.32 Å². The molecule has 2 aromatic rings. The predicted octanol–water partition coefficient (Wildman–Crippen LogP) is 2.10. The van der Waals surface area contributed by atoms with Crippen molar-refractivity contribution < 1.29 is 4.79 Å². The third-order valence-corrected chi connectivity index (χ3v) is 4.10. The second kappa shape index (κ2) is 3.02. The van der Waals surface area contributed by atoms with Gasteiger partial charge >= 0.3 is 0 Å². The van der Waals surface area contributed by atoms with E-state index < -0.39 is 0 Å². The van der Waals surface area contributed by atoms with E-state index in [4.69, 9.17) is 0 Å². The highest BCUT2D eigenvalue weighted by Crippen LogP contribution is 2.64. The summed E-state index contributed by atoms with van der Waals surface area (Å²) in [4.78, 5) is 12.3. The van der Waals surface area contributed by atoms with E-state index in [0.29, 0.717) is 0 Å². The fourth-order valence-corrected chi connectivity index (χ4v) is 3.12. The molecular weight excluding hydrogens is 226 g/mol. The normalized spacial score (nSPS) is 28.3. The van der Waals surface area contributed by atoms with Crippen LogP contribution in [0.1, 0.15) is 29.3 Å². The van der Waals surface area contributed by atoms with Crippen LogP contribution in [0, 0.1) is 6.92 Å². The third kappa shape index (κ3) is 1.05. The standard InChI is InChI=1S/C14H13N3O/c1-8-6-12(17-16-8)10-7-14(10)9-4-2-3-5-11(9)15-13(14)18/h2-6,10H,7H2,1H3,(H,15,18)(H,16,17). The first-order valence-electron chi connectivity index (χ1n) is 6.15. The van der Waals surface area contributed by atoms with Crippen LogP contribution in [0.3, 0.4) is 0 Å². The Balaban J connectivity index is 1.81. The highest BCUT2D eigenvalue weighted by atomic mass is 16.2. The van der Waals surface area contributed by atoms with Crippen LogP contribution in [0.25, 0.3) is 0 Å². The number of benzene rings is 1. The molecule has 1 aromatic heterocycles. The van der Waals surface area contributed by atoms with Gasteiger partial charge in [-0.1, -0.05) is 18.2 Å². The molecular formula is C14H13N3O. The number of carbonyl (C=O) groups excluding carboxylic acids is 1. The van der Waals surface area contributed by atoms with E-state index in [1.807, 2.05) is 37.3 Å². The lowest BCUT2D eigenvalue weighted by molar-refractivity contribution is -0.118. The summed E-state index contributed by atoms with van der Waals surface area (Å²) in [6.45, 7) is 1.98. The number of nitrogens with zero attached hydrogens (tertiary/aromatic N) is 1. The van der Waals surface area contributed by atoms with Gasteiger partial charge in [0, 0.05) is 17.3 Å². The lowest BCUT2D eigenvalue weighted by Gasteiger charge is -2.06. The number of aromatic nitrogens is 2. The lowest BCUT2D eigenvalue weighted by Crippen LogP contribution is -2.21. The van der Waals surface area contributed by atoms with E-state index in [1.54, 1.807) is 0 Å². The Kier molecular flexibility index (Phi) is 1.66. The number of carbonyl (C=O) groups is 1. The first-order chi connectivity index (χ1) is 8.72. The van der Waals surface area contributed by atoms with Crippen molar-refractivity contribution in [2.24, 2.45) is 0 Å². The molecule has 2 N–H and O–H groups in total. The number of fused-ring (bicyclic) bond motifs is 2. The molecule has 1 saturated carbocycles. The van der Waals surface area contributed by atoms with E-state index in [9.17, 15) is 4.79 Å². The number of amides is 1. The van der Waals surface area contributed by atoms with Crippen molar-refractivity contribution in [1.29, 1.82) is 0 Å². The fourth-order valence-electron chi connectivity index (χ4n) is 3.12. The van der Waals surface area contributed by atoms with Gasteiger partial charge in [-0.3, -0.25) is 9.89 Å². The van der Waals surface area contributed by atoms with Gasteiger partial charge in [0.05, 0.1) is 11.1 Å². The maximum absolute atomic E-state index is 12.3. The molecule has 1 spiro atoms. The third-order valence-electron chi connectivity index (χ3n) is 4.10. The smallest absolute Gasteiger partial charge is 0.235 e. The number of H-pyrrole nitrogens is 1. The number of para-hydroxylation sites is 1. The Morgan fingerprint density at radius 3 is 3.00 bits per heavy atom. The number of hydrogen-bond acceptors (Lipinski definition) is 2. The summed E-state index contributed by atoms with van der Waals surface area (Å²) in [6.07, 6.45) is 0.861. The second-order valence-electron chi connectivity index (χ2n) is 5.20. The maximum Gasteiger partial charge on any atom is 0.235 e. The van der Waals surface area contributed by atoms with Crippen molar-refractivity contribution in [2.75, 3.05) is 5.32 Å². The van der Waals surface area contributed by atoms with Gasteiger partial charge in [0.1, 0.15) is 0 Å². The highest BCUT2D eigenvalue weighted by Gasteiger charge is 2.65. The van der Waals surface area contributed by atoms with Gasteiger partial charge in [-0.15, -0.1) is 0 Å². The van der Waals surface area contributed by atoms with Gasteiger partial charge in [0.15, 0.2) is 0 Å². The lowest BCUT2D eigenvalue weighted by atomic mass is 9.94. The highest BCUT2D eigenvalue weighted by molar-refractivity contribution is 6.09. The van der Waals surface area contributed by atoms with Crippen LogP contribution in [0.2, 0.25) is 0 Å². The van der Waals surface area contributed by atoms with Gasteiger partial charge in [0.25, 0.3) is 0 Å². The van der Waals surface area contributed by atoms with Gasteiger partial charge in [-0.2, -0.15) is 5.10 Å². The summed E-state index contributed by atoms with van der Waals surface area (Å²) >= 11 is 0. The molecule has 2 heterocycles. The minimum atomic E-state index is -0.363. The molecule has 4 nitrogen and oxygen atoms in total. The molecule has 0 saturated heterocycles. The zero-order valence-electron chi connectivity index (χ0n) is 10.0. The van der Waals surface area contributed by atoms with Crippen molar-refractivity contribution in [1.82, 2.24) is 10.2 Å². The van der Waals surface area contributed by atoms with Crippen LogP contribution in [0.5, 0.6) is 0 Å². The number of hydrogen-bond donors (Lipinski definition) is 2. The fraction of sp³-hybridized carbons (Fsp3) is 0.286. The monoisotopic (exact) mass is 239 g/mol. The van der Waals surface area contributed by atoms with E-state index in [2.05, 4.69) is 15.5 Å². The molecule has 1 fully saturated rings. The number of rotatable bonds is 1. The molecule has 1 aromatic carbocycles. The largest absolute Gasteiger partial charge is 0.325 e. The molecule has 2 atom stereocenters. The van der Waals surface area contributed by atoms with Crippen molar-refractivity contribution in [3.8, 4) is 0 Å². The molecule has 2 aliphatic rings. The molecule has 0 radical (unpaired) electrons. The summed E-state index contributed by atoms with van der Waals surface area (Å²) in [5, 5.41) is 10.2. The van der Waals surface area contributed by atoms with Crippen LogP contribution in [-0.2, 0) is 10.2 Å². The van der Waals surface area contributed by atoms with Crippen LogP contribution in [0.15, 0.2) is 30.3 Å². The molecule has 90 valence electrons. The van der Waals surface area contributed by atoms with Crippen LogP contribution < -0.4 is 5.32 Å². The topological polar surface area (TPSA) is 57.8 Å². The summed E-state index contributed by atoms with van der Waals surface area (Å²) in [5.41, 5.74) is 3.76. The SMILES string of the molecule is Cc1cc(C2CC23C(=O)Nc2ccccc23)n[nH]1. The van der Waals surface area contributed by atoms with Crippen LogP contribution in [-0.4, -0.2) is 16.1 Å². The molecule has 2 unspecified atom stereocenters. The Hall–Kier alpha value is -2.10. The van der Waals surface area contributed by atoms with E-state index in [0.717, 1.165) is 29.1 Å². The maximum atomic E-state index is 12.3. The minimum absolute atomic E-state index is 0.120. The van der Waals surface area contributed by atoms with Crippen molar-refractivity contribution in [3.05, 3.63) is 47.3 Å². The molecule has 4 heteroatoms.